The maximum atomic E-state index is 12.8. The highest BCUT2D eigenvalue weighted by atomic mass is 32.2. The fourth-order valence-corrected chi connectivity index (χ4v) is 4.86. The molecular formula is C22H28N4O7S. The van der Waals surface area contributed by atoms with Crippen LogP contribution in [0.4, 0.5) is 5.69 Å². The van der Waals surface area contributed by atoms with E-state index in [1.54, 1.807) is 32.9 Å². The zero-order valence-electron chi connectivity index (χ0n) is 19.7. The minimum Gasteiger partial charge on any atom is -0.452 e. The van der Waals surface area contributed by atoms with Crippen LogP contribution in [0.1, 0.15) is 25.0 Å². The van der Waals surface area contributed by atoms with Crippen LogP contribution < -0.4 is 16.6 Å². The largest absolute Gasteiger partial charge is 0.452 e. The molecule has 34 heavy (non-hydrogen) atoms. The van der Waals surface area contributed by atoms with E-state index in [1.807, 2.05) is 0 Å². The number of nitrogens with one attached hydrogen (secondary N) is 1. The molecule has 11 nitrogen and oxygen atoms in total. The van der Waals surface area contributed by atoms with Crippen LogP contribution in [0.25, 0.3) is 6.08 Å². The van der Waals surface area contributed by atoms with E-state index in [0.717, 1.165) is 10.6 Å². The van der Waals surface area contributed by atoms with E-state index in [0.29, 0.717) is 18.7 Å². The van der Waals surface area contributed by atoms with E-state index in [2.05, 4.69) is 5.32 Å². The molecule has 12 heteroatoms. The number of benzene rings is 1. The van der Waals surface area contributed by atoms with Gasteiger partial charge in [-0.2, -0.15) is 4.31 Å². The number of anilines is 1. The van der Waals surface area contributed by atoms with Gasteiger partial charge in [0.05, 0.1) is 10.5 Å². The number of aromatic nitrogens is 2. The predicted molar refractivity (Wildman–Crippen MR) is 127 cm³/mol. The minimum absolute atomic E-state index is 0.0766. The Morgan fingerprint density at radius 1 is 1.15 bits per heavy atom. The van der Waals surface area contributed by atoms with Crippen molar-refractivity contribution in [2.24, 2.45) is 14.1 Å². The van der Waals surface area contributed by atoms with Gasteiger partial charge in [-0.15, -0.1) is 0 Å². The summed E-state index contributed by atoms with van der Waals surface area (Å²) in [6.07, 6.45) is 3.43. The maximum absolute atomic E-state index is 12.8. The van der Waals surface area contributed by atoms with Crippen LogP contribution in [0.3, 0.4) is 0 Å². The van der Waals surface area contributed by atoms with Crippen molar-refractivity contribution in [3.63, 3.8) is 0 Å². The summed E-state index contributed by atoms with van der Waals surface area (Å²) < 4.78 is 33.9. The van der Waals surface area contributed by atoms with Gasteiger partial charge in [-0.05, 0) is 30.7 Å². The summed E-state index contributed by atoms with van der Waals surface area (Å²) in [5.41, 5.74) is -0.231. The molecule has 0 aliphatic rings. The van der Waals surface area contributed by atoms with Crippen molar-refractivity contribution in [1.82, 2.24) is 13.4 Å². The summed E-state index contributed by atoms with van der Waals surface area (Å²) in [7, 11) is -0.945. The third kappa shape index (κ3) is 6.08. The third-order valence-corrected chi connectivity index (χ3v) is 7.20. The second-order valence-corrected chi connectivity index (χ2v) is 9.31. The Morgan fingerprint density at radius 3 is 2.41 bits per heavy atom. The number of amides is 1. The molecule has 0 radical (unpaired) electrons. The van der Waals surface area contributed by atoms with Crippen LogP contribution in [-0.2, 0) is 38.4 Å². The molecule has 1 amide bonds. The van der Waals surface area contributed by atoms with Gasteiger partial charge in [0.2, 0.25) is 10.0 Å². The van der Waals surface area contributed by atoms with Gasteiger partial charge in [-0.25, -0.2) is 18.0 Å². The van der Waals surface area contributed by atoms with Gasteiger partial charge < -0.3 is 14.6 Å². The van der Waals surface area contributed by atoms with Crippen LogP contribution in [0.15, 0.2) is 45.0 Å². The molecule has 0 fully saturated rings. The highest BCUT2D eigenvalue weighted by molar-refractivity contribution is 7.89. The minimum atomic E-state index is -3.72. The standard InChI is InChI=1S/C22H28N4O7S/c1-6-26(7-2)34(31,32)18-12-17(10-8-15(18)3)23-19(27)14-33-20(28)11-9-16-13-24(4)22(30)25(5)21(16)29/h8-13H,6-7,14H2,1-5H3,(H,23,27)/b11-9+. The van der Waals surface area contributed by atoms with Gasteiger partial charge in [0.15, 0.2) is 6.61 Å². The number of esters is 1. The number of carbonyl (C=O) groups is 2. The van der Waals surface area contributed by atoms with Crippen LogP contribution in [0.5, 0.6) is 0 Å². The first kappa shape index (κ1) is 26.7. The average Bonchev–Trinajstić information content (AvgIpc) is 2.79. The molecule has 2 rings (SSSR count). The van der Waals surface area contributed by atoms with Gasteiger partial charge >= 0.3 is 11.7 Å². The fraction of sp³-hybridized carbons (Fsp3) is 0.364. The van der Waals surface area contributed by atoms with E-state index in [4.69, 9.17) is 4.74 Å². The quantitative estimate of drug-likeness (QED) is 0.400. The molecule has 0 spiro atoms. The first-order chi connectivity index (χ1) is 15.9. The summed E-state index contributed by atoms with van der Waals surface area (Å²) in [5.74, 6) is -1.55. The summed E-state index contributed by atoms with van der Waals surface area (Å²) in [5, 5.41) is 2.50. The van der Waals surface area contributed by atoms with Gasteiger partial charge in [0.1, 0.15) is 0 Å². The van der Waals surface area contributed by atoms with E-state index >= 15 is 0 Å². The molecule has 0 saturated heterocycles. The number of hydrogen-bond acceptors (Lipinski definition) is 7. The number of ether oxygens (including phenoxy) is 1. The molecule has 0 atom stereocenters. The highest BCUT2D eigenvalue weighted by Gasteiger charge is 2.24. The molecule has 2 aromatic rings. The molecule has 0 aliphatic carbocycles. The summed E-state index contributed by atoms with van der Waals surface area (Å²) >= 11 is 0. The van der Waals surface area contributed by atoms with Crippen molar-refractivity contribution >= 4 is 33.7 Å². The van der Waals surface area contributed by atoms with E-state index in [1.165, 1.54) is 41.3 Å². The van der Waals surface area contributed by atoms with Crippen LogP contribution in [0, 0.1) is 6.92 Å². The van der Waals surface area contributed by atoms with E-state index < -0.39 is 39.8 Å². The first-order valence-electron chi connectivity index (χ1n) is 10.4. The molecule has 1 heterocycles. The van der Waals surface area contributed by atoms with E-state index in [9.17, 15) is 27.6 Å². The summed E-state index contributed by atoms with van der Waals surface area (Å²) in [6, 6.07) is 4.48. The van der Waals surface area contributed by atoms with Crippen molar-refractivity contribution in [3.8, 4) is 0 Å². The van der Waals surface area contributed by atoms with Gasteiger partial charge in [0, 0.05) is 45.1 Å². The van der Waals surface area contributed by atoms with Crippen LogP contribution in [-0.4, -0.2) is 53.4 Å². The topological polar surface area (TPSA) is 137 Å². The zero-order valence-corrected chi connectivity index (χ0v) is 20.5. The van der Waals surface area contributed by atoms with Crippen molar-refractivity contribution in [1.29, 1.82) is 0 Å². The Labute approximate surface area is 197 Å². The molecule has 1 N–H and O–H groups in total. The number of hydrogen-bond donors (Lipinski definition) is 1. The van der Waals surface area contributed by atoms with Crippen molar-refractivity contribution in [3.05, 3.63) is 62.4 Å². The van der Waals surface area contributed by atoms with Crippen LogP contribution >= 0.6 is 0 Å². The lowest BCUT2D eigenvalue weighted by molar-refractivity contribution is -0.142. The molecule has 1 aromatic heterocycles. The number of nitrogens with zero attached hydrogens (tertiary/aromatic N) is 3. The van der Waals surface area contributed by atoms with Crippen molar-refractivity contribution in [2.75, 3.05) is 25.0 Å². The summed E-state index contributed by atoms with van der Waals surface area (Å²) in [4.78, 5) is 48.0. The molecule has 0 saturated carbocycles. The number of sulfonamides is 1. The lowest BCUT2D eigenvalue weighted by Gasteiger charge is -2.20. The van der Waals surface area contributed by atoms with E-state index in [-0.39, 0.29) is 16.1 Å². The lowest BCUT2D eigenvalue weighted by atomic mass is 10.2. The molecule has 0 aliphatic heterocycles. The van der Waals surface area contributed by atoms with Gasteiger partial charge in [-0.1, -0.05) is 19.9 Å². The molecular weight excluding hydrogens is 464 g/mol. The van der Waals surface area contributed by atoms with Gasteiger partial charge in [0.25, 0.3) is 11.5 Å². The normalized spacial score (nSPS) is 11.7. The van der Waals surface area contributed by atoms with Crippen LogP contribution in [0.2, 0.25) is 0 Å². The Kier molecular flexibility index (Phi) is 8.71. The van der Waals surface area contributed by atoms with Crippen molar-refractivity contribution < 1.29 is 22.7 Å². The predicted octanol–water partition coefficient (Wildman–Crippen LogP) is 0.618. The fourth-order valence-electron chi connectivity index (χ4n) is 3.15. The highest BCUT2D eigenvalue weighted by Crippen LogP contribution is 2.23. The summed E-state index contributed by atoms with van der Waals surface area (Å²) in [6.45, 7) is 5.13. The van der Waals surface area contributed by atoms with Gasteiger partial charge in [-0.3, -0.25) is 14.2 Å². The molecule has 0 bridgehead atoms. The molecule has 0 unspecified atom stereocenters. The second kappa shape index (κ2) is 11.1. The smallest absolute Gasteiger partial charge is 0.331 e. The molecule has 184 valence electrons. The number of rotatable bonds is 9. The number of carbonyl (C=O) groups excluding carboxylic acids is 2. The SMILES string of the molecule is CCN(CC)S(=O)(=O)c1cc(NC(=O)COC(=O)/C=C/c2cn(C)c(=O)n(C)c2=O)ccc1C. The third-order valence-electron chi connectivity index (χ3n) is 5.01. The second-order valence-electron chi connectivity index (χ2n) is 7.40. The first-order valence-corrected chi connectivity index (χ1v) is 11.9. The number of aryl methyl sites for hydroxylation is 2. The zero-order chi connectivity index (χ0) is 25.6. The monoisotopic (exact) mass is 492 g/mol. The Morgan fingerprint density at radius 2 is 1.79 bits per heavy atom. The maximum Gasteiger partial charge on any atom is 0.331 e. The van der Waals surface area contributed by atoms with Crippen molar-refractivity contribution in [2.45, 2.75) is 25.7 Å². The Hall–Kier alpha value is -3.51. The lowest BCUT2D eigenvalue weighted by Crippen LogP contribution is -2.37. The Balaban J connectivity index is 2.06. The Bertz CT molecular complexity index is 1340. The molecule has 1 aromatic carbocycles. The average molecular weight is 493 g/mol.